The number of hydrogen-bond acceptors (Lipinski definition) is 1. The fraction of sp³-hybridized carbons (Fsp3) is 0.625. The van der Waals surface area contributed by atoms with Gasteiger partial charge in [-0.1, -0.05) is 32.4 Å². The number of halogens is 1. The Morgan fingerprint density at radius 2 is 2.11 bits per heavy atom. The smallest absolute Gasteiger partial charge is 0.126 e. The average molecular weight is 249 g/mol. The lowest BCUT2D eigenvalue weighted by molar-refractivity contribution is 0.203. The summed E-state index contributed by atoms with van der Waals surface area (Å²) in [4.78, 5) is 0. The molecule has 0 amide bonds. The van der Waals surface area contributed by atoms with E-state index in [0.717, 1.165) is 5.56 Å². The molecule has 2 rings (SSSR count). The molecule has 18 heavy (non-hydrogen) atoms. The van der Waals surface area contributed by atoms with Gasteiger partial charge in [-0.15, -0.1) is 0 Å². The maximum atomic E-state index is 13.4. The van der Waals surface area contributed by atoms with E-state index in [1.54, 1.807) is 6.07 Å². The van der Waals surface area contributed by atoms with Crippen LogP contribution in [-0.2, 0) is 0 Å². The third kappa shape index (κ3) is 2.44. The average Bonchev–Trinajstić information content (AvgIpc) is 2.65. The molecule has 0 aromatic heterocycles. The van der Waals surface area contributed by atoms with E-state index in [4.69, 9.17) is 0 Å². The predicted octanol–water partition coefficient (Wildman–Crippen LogP) is 4.22. The second kappa shape index (κ2) is 5.00. The molecule has 0 spiro atoms. The van der Waals surface area contributed by atoms with E-state index < -0.39 is 0 Å². The van der Waals surface area contributed by atoms with Crippen LogP contribution in [-0.4, -0.2) is 7.05 Å². The first-order valence-electron chi connectivity index (χ1n) is 6.89. The second-order valence-electron chi connectivity index (χ2n) is 6.26. The van der Waals surface area contributed by atoms with Gasteiger partial charge in [-0.3, -0.25) is 0 Å². The maximum absolute atomic E-state index is 13.4. The van der Waals surface area contributed by atoms with Crippen molar-refractivity contribution >= 4 is 0 Å². The van der Waals surface area contributed by atoms with Crippen molar-refractivity contribution in [3.63, 3.8) is 0 Å². The lowest BCUT2D eigenvalue weighted by atomic mass is 9.75. The van der Waals surface area contributed by atoms with Gasteiger partial charge >= 0.3 is 0 Å². The molecule has 2 heteroatoms. The Kier molecular flexibility index (Phi) is 3.76. The van der Waals surface area contributed by atoms with Gasteiger partial charge in [0.15, 0.2) is 0 Å². The molecule has 0 bridgehead atoms. The van der Waals surface area contributed by atoms with Crippen molar-refractivity contribution in [1.29, 1.82) is 0 Å². The molecule has 100 valence electrons. The largest absolute Gasteiger partial charge is 0.313 e. The predicted molar refractivity (Wildman–Crippen MR) is 74.1 cm³/mol. The van der Waals surface area contributed by atoms with E-state index in [9.17, 15) is 4.39 Å². The Morgan fingerprint density at radius 1 is 1.39 bits per heavy atom. The molecular formula is C16H24FN. The molecule has 0 aliphatic heterocycles. The Hall–Kier alpha value is -0.890. The SMILES string of the molecule is CNC(c1ccc(F)c(C)c1)C1CCCC1(C)C. The lowest BCUT2D eigenvalue weighted by Crippen LogP contribution is -2.32. The normalized spacial score (nSPS) is 24.2. The van der Waals surface area contributed by atoms with E-state index >= 15 is 0 Å². The van der Waals surface area contributed by atoms with Crippen LogP contribution < -0.4 is 5.32 Å². The number of aryl methyl sites for hydroxylation is 1. The van der Waals surface area contributed by atoms with Gasteiger partial charge in [-0.2, -0.15) is 0 Å². The van der Waals surface area contributed by atoms with Crippen molar-refractivity contribution in [1.82, 2.24) is 5.32 Å². The van der Waals surface area contributed by atoms with Crippen LogP contribution >= 0.6 is 0 Å². The maximum Gasteiger partial charge on any atom is 0.126 e. The summed E-state index contributed by atoms with van der Waals surface area (Å²) >= 11 is 0. The highest BCUT2D eigenvalue weighted by atomic mass is 19.1. The number of hydrogen-bond donors (Lipinski definition) is 1. The summed E-state index contributed by atoms with van der Waals surface area (Å²) in [6.07, 6.45) is 3.85. The highest BCUT2D eigenvalue weighted by Crippen LogP contribution is 2.48. The zero-order valence-electron chi connectivity index (χ0n) is 11.9. The van der Waals surface area contributed by atoms with Gasteiger partial charge in [-0.05, 0) is 55.3 Å². The summed E-state index contributed by atoms with van der Waals surface area (Å²) in [6.45, 7) is 6.54. The van der Waals surface area contributed by atoms with Crippen LogP contribution in [0.4, 0.5) is 4.39 Å². The Morgan fingerprint density at radius 3 is 2.61 bits per heavy atom. The second-order valence-corrected chi connectivity index (χ2v) is 6.26. The standard InChI is InChI=1S/C16H24FN/c1-11-10-12(7-8-14(11)17)15(18-4)13-6-5-9-16(13,2)3/h7-8,10,13,15,18H,5-6,9H2,1-4H3. The zero-order chi connectivity index (χ0) is 13.3. The summed E-state index contributed by atoms with van der Waals surface area (Å²) in [5.41, 5.74) is 2.33. The number of benzene rings is 1. The molecule has 1 aliphatic rings. The summed E-state index contributed by atoms with van der Waals surface area (Å²) in [6, 6.07) is 5.85. The Balaban J connectivity index is 2.30. The fourth-order valence-corrected chi connectivity index (χ4v) is 3.43. The van der Waals surface area contributed by atoms with Gasteiger partial charge in [0.25, 0.3) is 0 Å². The molecule has 1 aromatic carbocycles. The Bertz CT molecular complexity index is 425. The summed E-state index contributed by atoms with van der Waals surface area (Å²) in [5, 5.41) is 3.44. The third-order valence-electron chi connectivity index (χ3n) is 4.59. The van der Waals surface area contributed by atoms with Crippen molar-refractivity contribution in [2.75, 3.05) is 7.05 Å². The highest BCUT2D eigenvalue weighted by Gasteiger charge is 2.39. The van der Waals surface area contributed by atoms with Crippen LogP contribution in [0.1, 0.15) is 50.3 Å². The quantitative estimate of drug-likeness (QED) is 0.845. The molecule has 2 unspecified atom stereocenters. The minimum atomic E-state index is -0.112. The van der Waals surface area contributed by atoms with E-state index in [0.29, 0.717) is 17.4 Å². The van der Waals surface area contributed by atoms with Crippen LogP contribution in [0, 0.1) is 24.1 Å². The van der Waals surface area contributed by atoms with E-state index in [1.807, 2.05) is 26.1 Å². The molecule has 1 nitrogen and oxygen atoms in total. The van der Waals surface area contributed by atoms with Gasteiger partial charge in [0.2, 0.25) is 0 Å². The zero-order valence-corrected chi connectivity index (χ0v) is 11.9. The van der Waals surface area contributed by atoms with Crippen molar-refractivity contribution in [2.45, 2.75) is 46.1 Å². The Labute approximate surface area is 110 Å². The fourth-order valence-electron chi connectivity index (χ4n) is 3.43. The first-order valence-corrected chi connectivity index (χ1v) is 6.89. The topological polar surface area (TPSA) is 12.0 Å². The summed E-state index contributed by atoms with van der Waals surface area (Å²) < 4.78 is 13.4. The van der Waals surface area contributed by atoms with E-state index in [-0.39, 0.29) is 5.82 Å². The molecule has 0 saturated heterocycles. The van der Waals surface area contributed by atoms with Gasteiger partial charge in [0.1, 0.15) is 5.82 Å². The van der Waals surface area contributed by atoms with Crippen molar-refractivity contribution in [3.05, 3.63) is 35.1 Å². The van der Waals surface area contributed by atoms with Crippen LogP contribution in [0.5, 0.6) is 0 Å². The van der Waals surface area contributed by atoms with Gasteiger partial charge in [0, 0.05) is 6.04 Å². The molecule has 1 fully saturated rings. The van der Waals surface area contributed by atoms with Crippen molar-refractivity contribution < 1.29 is 4.39 Å². The summed E-state index contributed by atoms with van der Waals surface area (Å²) in [5.74, 6) is 0.520. The number of rotatable bonds is 3. The van der Waals surface area contributed by atoms with Crippen LogP contribution in [0.15, 0.2) is 18.2 Å². The molecule has 0 radical (unpaired) electrons. The van der Waals surface area contributed by atoms with Gasteiger partial charge in [0.05, 0.1) is 0 Å². The van der Waals surface area contributed by atoms with Crippen molar-refractivity contribution in [2.24, 2.45) is 11.3 Å². The minimum absolute atomic E-state index is 0.112. The molecule has 1 N–H and O–H groups in total. The highest BCUT2D eigenvalue weighted by molar-refractivity contribution is 5.27. The monoisotopic (exact) mass is 249 g/mol. The first-order chi connectivity index (χ1) is 8.45. The van der Waals surface area contributed by atoms with E-state index in [2.05, 4.69) is 19.2 Å². The van der Waals surface area contributed by atoms with Crippen LogP contribution in [0.2, 0.25) is 0 Å². The van der Waals surface area contributed by atoms with Crippen molar-refractivity contribution in [3.8, 4) is 0 Å². The minimum Gasteiger partial charge on any atom is -0.313 e. The molecule has 1 saturated carbocycles. The van der Waals surface area contributed by atoms with Crippen LogP contribution in [0.25, 0.3) is 0 Å². The lowest BCUT2D eigenvalue weighted by Gasteiger charge is -2.34. The molecular weight excluding hydrogens is 225 g/mol. The summed E-state index contributed by atoms with van der Waals surface area (Å²) in [7, 11) is 2.01. The first kappa shape index (κ1) is 13.5. The molecule has 1 aromatic rings. The van der Waals surface area contributed by atoms with Gasteiger partial charge in [-0.25, -0.2) is 4.39 Å². The third-order valence-corrected chi connectivity index (χ3v) is 4.59. The molecule has 0 heterocycles. The molecule has 2 atom stereocenters. The molecule has 1 aliphatic carbocycles. The van der Waals surface area contributed by atoms with E-state index in [1.165, 1.54) is 24.8 Å². The number of nitrogens with one attached hydrogen (secondary N) is 1. The van der Waals surface area contributed by atoms with Gasteiger partial charge < -0.3 is 5.32 Å². The van der Waals surface area contributed by atoms with Crippen LogP contribution in [0.3, 0.4) is 0 Å².